The number of likely N-dealkylation sites (tertiary alicyclic amines) is 1. The van der Waals surface area contributed by atoms with Crippen molar-refractivity contribution in [3.05, 3.63) is 93.7 Å². The number of halogens is 1. The van der Waals surface area contributed by atoms with E-state index in [0.717, 1.165) is 49.4 Å². The molecule has 0 N–H and O–H groups in total. The Bertz CT molecular complexity index is 1190. The topological polar surface area (TPSA) is 49.0 Å². The van der Waals surface area contributed by atoms with Gasteiger partial charge in [0, 0.05) is 43.4 Å². The van der Waals surface area contributed by atoms with Crippen LogP contribution < -0.4 is 5.56 Å². The Hall–Kier alpha value is -3.23. The van der Waals surface area contributed by atoms with Gasteiger partial charge in [0.05, 0.1) is 11.6 Å². The highest BCUT2D eigenvalue weighted by Crippen LogP contribution is 2.36. The largest absolute Gasteiger partial charge is 0.311 e. The molecular formula is C25H22FN3O. The van der Waals surface area contributed by atoms with Crippen molar-refractivity contribution in [3.63, 3.8) is 0 Å². The van der Waals surface area contributed by atoms with Crippen molar-refractivity contribution in [1.29, 1.82) is 5.26 Å². The molecule has 3 heterocycles. The number of hydrogen-bond donors (Lipinski definition) is 0. The third kappa shape index (κ3) is 3.44. The van der Waals surface area contributed by atoms with Gasteiger partial charge in [0.15, 0.2) is 0 Å². The van der Waals surface area contributed by atoms with Crippen LogP contribution in [0.25, 0.3) is 11.1 Å². The molecule has 2 atom stereocenters. The second kappa shape index (κ2) is 7.55. The number of hydrogen-bond acceptors (Lipinski definition) is 3. The van der Waals surface area contributed by atoms with Crippen molar-refractivity contribution in [2.24, 2.45) is 5.92 Å². The minimum Gasteiger partial charge on any atom is -0.311 e. The summed E-state index contributed by atoms with van der Waals surface area (Å²) in [6.07, 6.45) is 1.10. The zero-order valence-corrected chi connectivity index (χ0v) is 16.6. The Balaban J connectivity index is 1.43. The van der Waals surface area contributed by atoms with Crippen molar-refractivity contribution in [1.82, 2.24) is 9.47 Å². The summed E-state index contributed by atoms with van der Waals surface area (Å²) >= 11 is 0. The van der Waals surface area contributed by atoms with E-state index in [9.17, 15) is 9.18 Å². The molecule has 5 rings (SSSR count). The first kappa shape index (κ1) is 18.8. The smallest absolute Gasteiger partial charge is 0.258 e. The van der Waals surface area contributed by atoms with Crippen molar-refractivity contribution in [2.45, 2.75) is 25.4 Å². The molecule has 0 unspecified atom stereocenters. The maximum atomic E-state index is 13.3. The van der Waals surface area contributed by atoms with Gasteiger partial charge < -0.3 is 4.57 Å². The van der Waals surface area contributed by atoms with Gasteiger partial charge in [-0.1, -0.05) is 24.3 Å². The van der Waals surface area contributed by atoms with E-state index >= 15 is 0 Å². The van der Waals surface area contributed by atoms with Crippen LogP contribution in [0.2, 0.25) is 0 Å². The highest BCUT2D eigenvalue weighted by Gasteiger charge is 2.35. The third-order valence-electron chi connectivity index (χ3n) is 6.30. The van der Waals surface area contributed by atoms with E-state index in [2.05, 4.69) is 17.0 Å². The quantitative estimate of drug-likeness (QED) is 0.665. The van der Waals surface area contributed by atoms with Gasteiger partial charge in [0.2, 0.25) is 0 Å². The maximum Gasteiger partial charge on any atom is 0.258 e. The second-order valence-electron chi connectivity index (χ2n) is 8.40. The summed E-state index contributed by atoms with van der Waals surface area (Å²) in [7, 11) is 0. The molecule has 30 heavy (non-hydrogen) atoms. The Morgan fingerprint density at radius 3 is 2.67 bits per heavy atom. The zero-order chi connectivity index (χ0) is 20.7. The minimum atomic E-state index is -0.210. The maximum absolute atomic E-state index is 13.3. The fraction of sp³-hybridized carbons (Fsp3) is 0.280. The average Bonchev–Trinajstić information content (AvgIpc) is 2.76. The van der Waals surface area contributed by atoms with Gasteiger partial charge in [0.1, 0.15) is 5.82 Å². The standard InChI is InChI=1S/C25H22FN3O/c26-22-6-4-17(5-7-22)13-28-14-19-11-21(16-28)24-9-8-23(25(30)29(24)15-19)20-3-1-2-18(10-20)12-27/h1-10,19,21H,11,13-16H2/t19-,21-/m1/s1. The molecule has 5 heteroatoms. The summed E-state index contributed by atoms with van der Waals surface area (Å²) in [4.78, 5) is 15.7. The summed E-state index contributed by atoms with van der Waals surface area (Å²) in [5.41, 5.74) is 4.25. The van der Waals surface area contributed by atoms with Crippen LogP contribution in [-0.2, 0) is 13.1 Å². The lowest BCUT2D eigenvalue weighted by atomic mass is 9.82. The normalized spacial score (nSPS) is 20.4. The Kier molecular flexibility index (Phi) is 4.72. The Morgan fingerprint density at radius 2 is 1.87 bits per heavy atom. The van der Waals surface area contributed by atoms with Gasteiger partial charge in [0.25, 0.3) is 5.56 Å². The van der Waals surface area contributed by atoms with E-state index in [-0.39, 0.29) is 11.4 Å². The highest BCUT2D eigenvalue weighted by molar-refractivity contribution is 5.64. The first-order chi connectivity index (χ1) is 14.6. The molecule has 0 aliphatic carbocycles. The van der Waals surface area contributed by atoms with E-state index in [1.807, 2.05) is 34.9 Å². The number of piperidine rings is 1. The summed E-state index contributed by atoms with van der Waals surface area (Å²) in [6.45, 7) is 3.36. The lowest BCUT2D eigenvalue weighted by Crippen LogP contribution is -2.46. The molecule has 2 bridgehead atoms. The minimum absolute atomic E-state index is 0.0317. The summed E-state index contributed by atoms with van der Waals surface area (Å²) < 4.78 is 15.1. The number of benzene rings is 2. The predicted octanol–water partition coefficient (Wildman–Crippen LogP) is 4.15. The SMILES string of the molecule is N#Cc1cccc(-c2ccc3n(c2=O)C[C@@H]2C[C@@H]3CN(Cc3ccc(F)cc3)C2)c1. The second-order valence-corrected chi connectivity index (χ2v) is 8.40. The molecule has 150 valence electrons. The molecule has 0 amide bonds. The van der Waals surface area contributed by atoms with E-state index in [1.165, 1.54) is 12.1 Å². The molecule has 2 aromatic carbocycles. The molecule has 0 saturated carbocycles. The fourth-order valence-electron chi connectivity index (χ4n) is 5.00. The van der Waals surface area contributed by atoms with Crippen LogP contribution in [0.5, 0.6) is 0 Å². The van der Waals surface area contributed by atoms with Crippen molar-refractivity contribution >= 4 is 0 Å². The first-order valence-corrected chi connectivity index (χ1v) is 10.3. The molecule has 1 fully saturated rings. The van der Waals surface area contributed by atoms with Crippen molar-refractivity contribution in [2.75, 3.05) is 13.1 Å². The van der Waals surface area contributed by atoms with Gasteiger partial charge in [-0.25, -0.2) is 4.39 Å². The van der Waals surface area contributed by atoms with E-state index in [1.54, 1.807) is 12.1 Å². The molecule has 2 aliphatic rings. The van der Waals surface area contributed by atoms with Gasteiger partial charge in [-0.05, 0) is 59.9 Å². The van der Waals surface area contributed by atoms with Gasteiger partial charge >= 0.3 is 0 Å². The van der Waals surface area contributed by atoms with Crippen LogP contribution in [0.4, 0.5) is 4.39 Å². The number of nitrogens with zero attached hydrogens (tertiary/aromatic N) is 3. The molecular weight excluding hydrogens is 377 g/mol. The van der Waals surface area contributed by atoms with E-state index in [0.29, 0.717) is 23.0 Å². The number of rotatable bonds is 3. The highest BCUT2D eigenvalue weighted by atomic mass is 19.1. The van der Waals surface area contributed by atoms with Crippen molar-refractivity contribution < 1.29 is 4.39 Å². The van der Waals surface area contributed by atoms with Crippen LogP contribution >= 0.6 is 0 Å². The summed E-state index contributed by atoms with van der Waals surface area (Å²) in [5, 5.41) is 9.17. The number of pyridine rings is 1. The van der Waals surface area contributed by atoms with Crippen LogP contribution in [0.1, 0.15) is 29.2 Å². The average molecular weight is 399 g/mol. The molecule has 3 aromatic rings. The predicted molar refractivity (Wildman–Crippen MR) is 113 cm³/mol. The summed E-state index contributed by atoms with van der Waals surface area (Å²) in [6, 6.07) is 20.1. The molecule has 0 radical (unpaired) electrons. The van der Waals surface area contributed by atoms with E-state index in [4.69, 9.17) is 5.26 Å². The van der Waals surface area contributed by atoms with Crippen LogP contribution in [0.3, 0.4) is 0 Å². The summed E-state index contributed by atoms with van der Waals surface area (Å²) in [5.74, 6) is 0.541. The van der Waals surface area contributed by atoms with E-state index < -0.39 is 0 Å². The zero-order valence-electron chi connectivity index (χ0n) is 16.6. The lowest BCUT2D eigenvalue weighted by molar-refractivity contribution is 0.114. The Labute approximate surface area is 174 Å². The third-order valence-corrected chi connectivity index (χ3v) is 6.30. The molecule has 4 nitrogen and oxygen atoms in total. The fourth-order valence-corrected chi connectivity index (χ4v) is 5.00. The van der Waals surface area contributed by atoms with Crippen LogP contribution in [-0.4, -0.2) is 22.6 Å². The molecule has 0 spiro atoms. The number of nitriles is 1. The monoisotopic (exact) mass is 399 g/mol. The van der Waals surface area contributed by atoms with Crippen LogP contribution in [0.15, 0.2) is 65.5 Å². The van der Waals surface area contributed by atoms with Crippen LogP contribution in [0, 0.1) is 23.1 Å². The molecule has 1 saturated heterocycles. The van der Waals surface area contributed by atoms with Gasteiger partial charge in [-0.3, -0.25) is 9.69 Å². The number of fused-ring (bicyclic) bond motifs is 4. The van der Waals surface area contributed by atoms with Gasteiger partial charge in [-0.15, -0.1) is 0 Å². The van der Waals surface area contributed by atoms with Crippen molar-refractivity contribution in [3.8, 4) is 17.2 Å². The van der Waals surface area contributed by atoms with Gasteiger partial charge in [-0.2, -0.15) is 5.26 Å². The first-order valence-electron chi connectivity index (χ1n) is 10.3. The Morgan fingerprint density at radius 1 is 1.03 bits per heavy atom. The number of aromatic nitrogens is 1. The molecule has 1 aromatic heterocycles. The lowest BCUT2D eigenvalue weighted by Gasteiger charge is -2.43. The molecule has 2 aliphatic heterocycles.